The van der Waals surface area contributed by atoms with E-state index in [1.807, 2.05) is 6.08 Å². The molecule has 0 bridgehead atoms. The third-order valence-corrected chi connectivity index (χ3v) is 15.6. The minimum atomic E-state index is -1.57. The highest BCUT2D eigenvalue weighted by atomic mass is 16.7. The SMILES string of the molecule is CCCCCCCC/C=C\CCCCCCCC(=O)OCCCCCCCCCCCCCCCCCCCCCCCCCCC(=O)NC(COC1OC(CO)C(O)C(O)C1O)C(O)/C=C/CCCCCCCCC. The van der Waals surface area contributed by atoms with Crippen LogP contribution in [0, 0.1) is 0 Å². The second kappa shape index (κ2) is 55.1. The molecule has 0 radical (unpaired) electrons. The van der Waals surface area contributed by atoms with Crippen molar-refractivity contribution in [2.75, 3.05) is 19.8 Å². The van der Waals surface area contributed by atoms with Gasteiger partial charge in [-0.05, 0) is 57.8 Å². The van der Waals surface area contributed by atoms with Crippen LogP contribution in [0.4, 0.5) is 0 Å². The molecule has 0 aromatic rings. The average molecular weight is 1080 g/mol. The highest BCUT2D eigenvalue weighted by molar-refractivity contribution is 5.76. The molecular weight excluding hydrogens is 955 g/mol. The molecule has 448 valence electrons. The van der Waals surface area contributed by atoms with Crippen molar-refractivity contribution in [1.29, 1.82) is 0 Å². The quantitative estimate of drug-likeness (QED) is 0.0195. The van der Waals surface area contributed by atoms with E-state index in [4.69, 9.17) is 14.2 Å². The molecule has 11 nitrogen and oxygen atoms in total. The minimum Gasteiger partial charge on any atom is -0.466 e. The van der Waals surface area contributed by atoms with Gasteiger partial charge in [0.1, 0.15) is 24.4 Å². The number of ether oxygens (including phenoxy) is 3. The topological polar surface area (TPSA) is 175 Å². The van der Waals surface area contributed by atoms with Crippen LogP contribution in [0.25, 0.3) is 0 Å². The molecule has 0 saturated carbocycles. The van der Waals surface area contributed by atoms with Gasteiger partial charge in [-0.3, -0.25) is 9.59 Å². The molecule has 7 atom stereocenters. The summed E-state index contributed by atoms with van der Waals surface area (Å²) in [7, 11) is 0. The summed E-state index contributed by atoms with van der Waals surface area (Å²) >= 11 is 0. The maximum Gasteiger partial charge on any atom is 0.305 e. The molecule has 1 amide bonds. The number of hydrogen-bond donors (Lipinski definition) is 6. The van der Waals surface area contributed by atoms with Gasteiger partial charge in [0.15, 0.2) is 6.29 Å². The van der Waals surface area contributed by atoms with Gasteiger partial charge in [-0.25, -0.2) is 0 Å². The van der Waals surface area contributed by atoms with Crippen molar-refractivity contribution in [2.24, 2.45) is 0 Å². The molecule has 1 rings (SSSR count). The summed E-state index contributed by atoms with van der Waals surface area (Å²) in [4.78, 5) is 25.1. The second-order valence-electron chi connectivity index (χ2n) is 22.8. The van der Waals surface area contributed by atoms with E-state index in [-0.39, 0.29) is 18.5 Å². The van der Waals surface area contributed by atoms with Gasteiger partial charge in [-0.2, -0.15) is 0 Å². The average Bonchev–Trinajstić information content (AvgIpc) is 3.42. The van der Waals surface area contributed by atoms with Crippen LogP contribution in [0.3, 0.4) is 0 Å². The molecule has 0 spiro atoms. The Hall–Kier alpha value is -1.86. The van der Waals surface area contributed by atoms with Crippen LogP contribution in [0.1, 0.15) is 316 Å². The first kappa shape index (κ1) is 72.2. The highest BCUT2D eigenvalue weighted by Gasteiger charge is 2.44. The predicted octanol–water partition coefficient (Wildman–Crippen LogP) is 15.7. The van der Waals surface area contributed by atoms with Crippen LogP contribution in [0.5, 0.6) is 0 Å². The molecule has 7 unspecified atom stereocenters. The zero-order valence-corrected chi connectivity index (χ0v) is 49.5. The van der Waals surface area contributed by atoms with Crippen LogP contribution in [0.15, 0.2) is 24.3 Å². The third-order valence-electron chi connectivity index (χ3n) is 15.6. The Morgan fingerprint density at radius 2 is 0.842 bits per heavy atom. The summed E-state index contributed by atoms with van der Waals surface area (Å²) in [6.45, 7) is 4.33. The van der Waals surface area contributed by atoms with Crippen LogP contribution >= 0.6 is 0 Å². The smallest absolute Gasteiger partial charge is 0.305 e. The summed E-state index contributed by atoms with van der Waals surface area (Å²) in [6, 6.07) is -0.807. The van der Waals surface area contributed by atoms with E-state index in [0.29, 0.717) is 19.4 Å². The Balaban J connectivity index is 1.95. The normalized spacial score (nSPS) is 18.8. The van der Waals surface area contributed by atoms with Crippen molar-refractivity contribution in [3.8, 4) is 0 Å². The number of aliphatic hydroxyl groups is 5. The van der Waals surface area contributed by atoms with Crippen molar-refractivity contribution in [3.63, 3.8) is 0 Å². The van der Waals surface area contributed by atoms with Crippen molar-refractivity contribution in [1.82, 2.24) is 5.32 Å². The minimum absolute atomic E-state index is 0.00337. The monoisotopic (exact) mass is 1080 g/mol. The van der Waals surface area contributed by atoms with E-state index in [2.05, 4.69) is 31.3 Å². The number of nitrogens with one attached hydrogen (secondary N) is 1. The van der Waals surface area contributed by atoms with Gasteiger partial charge in [0.25, 0.3) is 0 Å². The zero-order valence-electron chi connectivity index (χ0n) is 49.5. The Morgan fingerprint density at radius 1 is 0.474 bits per heavy atom. The van der Waals surface area contributed by atoms with Crippen LogP contribution in [-0.2, 0) is 23.8 Å². The number of aliphatic hydroxyl groups excluding tert-OH is 5. The molecule has 0 aliphatic carbocycles. The Labute approximate surface area is 467 Å². The molecule has 1 saturated heterocycles. The van der Waals surface area contributed by atoms with Gasteiger partial charge in [0, 0.05) is 12.8 Å². The largest absolute Gasteiger partial charge is 0.466 e. The third kappa shape index (κ3) is 44.0. The predicted molar refractivity (Wildman–Crippen MR) is 315 cm³/mol. The lowest BCUT2D eigenvalue weighted by molar-refractivity contribution is -0.302. The van der Waals surface area contributed by atoms with Crippen LogP contribution < -0.4 is 5.32 Å². The van der Waals surface area contributed by atoms with Crippen molar-refractivity contribution in [3.05, 3.63) is 24.3 Å². The molecule has 1 aliphatic heterocycles. The first-order valence-corrected chi connectivity index (χ1v) is 32.6. The van der Waals surface area contributed by atoms with E-state index in [0.717, 1.165) is 57.8 Å². The summed E-state index contributed by atoms with van der Waals surface area (Å²) in [5.74, 6) is -0.185. The summed E-state index contributed by atoms with van der Waals surface area (Å²) in [6.07, 6.45) is 57.3. The van der Waals surface area contributed by atoms with Gasteiger partial charge in [0.2, 0.25) is 5.91 Å². The van der Waals surface area contributed by atoms with Gasteiger partial charge >= 0.3 is 5.97 Å². The first-order valence-electron chi connectivity index (χ1n) is 32.6. The number of carbonyl (C=O) groups excluding carboxylic acids is 2. The van der Waals surface area contributed by atoms with E-state index >= 15 is 0 Å². The maximum absolute atomic E-state index is 13.0. The number of unbranched alkanes of at least 4 members (excludes halogenated alkanes) is 41. The second-order valence-corrected chi connectivity index (χ2v) is 22.8. The van der Waals surface area contributed by atoms with Gasteiger partial charge in [0.05, 0.1) is 32.0 Å². The van der Waals surface area contributed by atoms with Crippen molar-refractivity contribution >= 4 is 11.9 Å². The lowest BCUT2D eigenvalue weighted by Crippen LogP contribution is -2.60. The van der Waals surface area contributed by atoms with E-state index < -0.39 is 49.5 Å². The van der Waals surface area contributed by atoms with Crippen molar-refractivity contribution < 1.29 is 49.3 Å². The van der Waals surface area contributed by atoms with Crippen LogP contribution in [-0.4, -0.2) is 100 Å². The fourth-order valence-electron chi connectivity index (χ4n) is 10.4. The lowest BCUT2D eigenvalue weighted by atomic mass is 9.99. The van der Waals surface area contributed by atoms with Gasteiger partial charge in [-0.15, -0.1) is 0 Å². The Bertz CT molecular complexity index is 1310. The Kier molecular flexibility index (Phi) is 52.3. The molecular formula is C65H123NO10. The molecule has 1 heterocycles. The zero-order chi connectivity index (χ0) is 55.2. The molecule has 0 aromatic heterocycles. The van der Waals surface area contributed by atoms with Crippen LogP contribution in [0.2, 0.25) is 0 Å². The highest BCUT2D eigenvalue weighted by Crippen LogP contribution is 2.23. The number of rotatable bonds is 57. The summed E-state index contributed by atoms with van der Waals surface area (Å²) in [5, 5.41) is 54.2. The Morgan fingerprint density at radius 3 is 1.26 bits per heavy atom. The number of carbonyl (C=O) groups is 2. The molecule has 0 aromatic carbocycles. The molecule has 76 heavy (non-hydrogen) atoms. The molecule has 11 heteroatoms. The van der Waals surface area contributed by atoms with E-state index in [1.165, 1.54) is 231 Å². The number of allylic oxidation sites excluding steroid dienone is 3. The number of amides is 1. The van der Waals surface area contributed by atoms with Crippen molar-refractivity contribution in [2.45, 2.75) is 358 Å². The molecule has 6 N–H and O–H groups in total. The molecule has 1 aliphatic rings. The summed E-state index contributed by atoms with van der Waals surface area (Å²) < 4.78 is 16.7. The summed E-state index contributed by atoms with van der Waals surface area (Å²) in [5.41, 5.74) is 0. The van der Waals surface area contributed by atoms with Gasteiger partial charge in [-0.1, -0.05) is 269 Å². The standard InChI is InChI=1S/C65H123NO10/c1-3-5-7-9-11-13-14-15-26-30-33-37-41-45-49-53-61(70)74-54-50-46-42-38-34-31-28-25-23-21-19-17-16-18-20-22-24-27-29-32-36-40-44-48-52-60(69)66-57(58(68)51-47-43-39-35-12-10-8-6-4-2)56-75-65-64(73)63(72)62(71)59(55-67)76-65/h15,26,47,51,57-59,62-65,67-68,71-73H,3-14,16-25,27-46,48-50,52-56H2,1-2H3,(H,66,69)/b26-15-,51-47+. The lowest BCUT2D eigenvalue weighted by Gasteiger charge is -2.40. The van der Waals surface area contributed by atoms with Gasteiger partial charge < -0.3 is 45.1 Å². The number of esters is 1. The first-order chi connectivity index (χ1) is 37.2. The van der Waals surface area contributed by atoms with E-state index in [1.54, 1.807) is 6.08 Å². The molecule has 1 fully saturated rings. The fraction of sp³-hybridized carbons (Fsp3) is 0.908. The maximum atomic E-state index is 13.0. The van der Waals surface area contributed by atoms with E-state index in [9.17, 15) is 35.1 Å². The number of hydrogen-bond acceptors (Lipinski definition) is 10. The fourth-order valence-corrected chi connectivity index (χ4v) is 10.4.